The fourth-order valence-electron chi connectivity index (χ4n) is 1.63. The van der Waals surface area contributed by atoms with Gasteiger partial charge in [-0.3, -0.25) is 0 Å². The first-order valence-corrected chi connectivity index (χ1v) is 6.41. The number of hydrogen-bond acceptors (Lipinski definition) is 3. The van der Waals surface area contributed by atoms with E-state index in [1.807, 2.05) is 6.07 Å². The summed E-state index contributed by atoms with van der Waals surface area (Å²) >= 11 is 5.85. The van der Waals surface area contributed by atoms with Crippen molar-refractivity contribution in [3.63, 3.8) is 0 Å². The van der Waals surface area contributed by atoms with Crippen LogP contribution in [0.5, 0.6) is 0 Å². The number of amides is 2. The zero-order valence-corrected chi connectivity index (χ0v) is 11.8. The van der Waals surface area contributed by atoms with E-state index in [2.05, 4.69) is 5.32 Å². The molecule has 0 spiro atoms. The summed E-state index contributed by atoms with van der Waals surface area (Å²) in [5.41, 5.74) is 0.837. The Kier molecular flexibility index (Phi) is 6.27. The third-order valence-corrected chi connectivity index (χ3v) is 2.90. The number of aliphatic hydroxyl groups is 1. The second-order valence-electron chi connectivity index (χ2n) is 4.34. The van der Waals surface area contributed by atoms with E-state index >= 15 is 0 Å². The van der Waals surface area contributed by atoms with Gasteiger partial charge in [-0.1, -0.05) is 23.7 Å². The second-order valence-corrected chi connectivity index (χ2v) is 4.78. The maximum atomic E-state index is 11.9. The molecule has 1 rings (SSSR count). The van der Waals surface area contributed by atoms with Crippen LogP contribution < -0.4 is 5.32 Å². The summed E-state index contributed by atoms with van der Waals surface area (Å²) in [7, 11) is 1.55. The SMILES string of the molecule is CN(Cc1cccc(Cl)c1)C(=O)N[C@@H](CCO)C(=O)O. The van der Waals surface area contributed by atoms with Crippen LogP contribution in [0.2, 0.25) is 5.02 Å². The van der Waals surface area contributed by atoms with E-state index in [1.54, 1.807) is 25.2 Å². The lowest BCUT2D eigenvalue weighted by Gasteiger charge is -2.21. The smallest absolute Gasteiger partial charge is 0.326 e. The number of carboxylic acid groups (broad SMARTS) is 1. The molecule has 0 radical (unpaired) electrons. The number of hydrogen-bond donors (Lipinski definition) is 3. The molecule has 0 aliphatic carbocycles. The highest BCUT2D eigenvalue weighted by molar-refractivity contribution is 6.30. The molecule has 0 aliphatic heterocycles. The van der Waals surface area contributed by atoms with Crippen molar-refractivity contribution in [3.8, 4) is 0 Å². The Bertz CT molecular complexity index is 481. The zero-order valence-electron chi connectivity index (χ0n) is 11.0. The molecule has 1 atom stereocenters. The number of urea groups is 1. The summed E-state index contributed by atoms with van der Waals surface area (Å²) in [6.07, 6.45) is -0.0356. The van der Waals surface area contributed by atoms with Gasteiger partial charge in [0.1, 0.15) is 6.04 Å². The maximum absolute atomic E-state index is 11.9. The fraction of sp³-hybridized carbons (Fsp3) is 0.385. The summed E-state index contributed by atoms with van der Waals surface area (Å²) in [4.78, 5) is 24.1. The molecule has 3 N–H and O–H groups in total. The average molecular weight is 301 g/mol. The quantitative estimate of drug-likeness (QED) is 0.739. The van der Waals surface area contributed by atoms with Crippen molar-refractivity contribution in [2.75, 3.05) is 13.7 Å². The van der Waals surface area contributed by atoms with Gasteiger partial charge in [0.05, 0.1) is 0 Å². The van der Waals surface area contributed by atoms with Crippen LogP contribution >= 0.6 is 11.6 Å². The van der Waals surface area contributed by atoms with Crippen molar-refractivity contribution in [1.29, 1.82) is 0 Å². The highest BCUT2D eigenvalue weighted by atomic mass is 35.5. The van der Waals surface area contributed by atoms with Crippen LogP contribution in [0, 0.1) is 0 Å². The molecule has 0 saturated heterocycles. The minimum atomic E-state index is -1.18. The molecule has 0 saturated carbocycles. The molecule has 0 aliphatic rings. The second kappa shape index (κ2) is 7.72. The first-order chi connectivity index (χ1) is 9.43. The highest BCUT2D eigenvalue weighted by Crippen LogP contribution is 2.12. The normalized spacial score (nSPS) is 11.8. The van der Waals surface area contributed by atoms with E-state index in [0.717, 1.165) is 5.56 Å². The summed E-state index contributed by atoms with van der Waals surface area (Å²) in [6, 6.07) is 5.42. The Morgan fingerprint density at radius 2 is 2.15 bits per heavy atom. The maximum Gasteiger partial charge on any atom is 0.326 e. The number of carbonyl (C=O) groups excluding carboxylic acids is 1. The van der Waals surface area contributed by atoms with Crippen molar-refractivity contribution in [2.24, 2.45) is 0 Å². The Hall–Kier alpha value is -1.79. The molecule has 1 aromatic rings. The van der Waals surface area contributed by atoms with Gasteiger partial charge in [0.25, 0.3) is 0 Å². The molecule has 110 valence electrons. The number of aliphatic hydroxyl groups excluding tert-OH is 1. The number of aliphatic carboxylic acids is 1. The van der Waals surface area contributed by atoms with Crippen LogP contribution in [-0.2, 0) is 11.3 Å². The van der Waals surface area contributed by atoms with Gasteiger partial charge in [-0.25, -0.2) is 9.59 Å². The summed E-state index contributed by atoms with van der Waals surface area (Å²) in [5.74, 6) is -1.18. The number of rotatable bonds is 6. The number of nitrogens with zero attached hydrogens (tertiary/aromatic N) is 1. The van der Waals surface area contributed by atoms with E-state index in [-0.39, 0.29) is 13.0 Å². The molecule has 0 aromatic heterocycles. The molecular weight excluding hydrogens is 284 g/mol. The van der Waals surface area contributed by atoms with Gasteiger partial charge in [-0.15, -0.1) is 0 Å². The van der Waals surface area contributed by atoms with Crippen LogP contribution in [-0.4, -0.2) is 46.8 Å². The molecule has 0 heterocycles. The van der Waals surface area contributed by atoms with Gasteiger partial charge in [0.15, 0.2) is 0 Å². The largest absolute Gasteiger partial charge is 0.480 e. The number of halogens is 1. The monoisotopic (exact) mass is 300 g/mol. The Labute approximate surface area is 122 Å². The number of carboxylic acids is 1. The van der Waals surface area contributed by atoms with Crippen LogP contribution in [0.15, 0.2) is 24.3 Å². The Morgan fingerprint density at radius 1 is 1.45 bits per heavy atom. The molecule has 0 unspecified atom stereocenters. The standard InChI is InChI=1S/C13H17ClN2O4/c1-16(8-9-3-2-4-10(14)7-9)13(20)15-11(5-6-17)12(18)19/h2-4,7,11,17H,5-6,8H2,1H3,(H,15,20)(H,18,19)/t11-/m0/s1. The predicted octanol–water partition coefficient (Wildman–Crippen LogP) is 1.32. The minimum absolute atomic E-state index is 0.0356. The van der Waals surface area contributed by atoms with Crippen molar-refractivity contribution < 1.29 is 19.8 Å². The van der Waals surface area contributed by atoms with Crippen LogP contribution in [0.3, 0.4) is 0 Å². The van der Waals surface area contributed by atoms with Crippen molar-refractivity contribution in [1.82, 2.24) is 10.2 Å². The summed E-state index contributed by atoms with van der Waals surface area (Å²) < 4.78 is 0. The molecule has 7 heteroatoms. The van der Waals surface area contributed by atoms with E-state index < -0.39 is 18.0 Å². The fourth-order valence-corrected chi connectivity index (χ4v) is 1.84. The van der Waals surface area contributed by atoms with E-state index in [9.17, 15) is 9.59 Å². The first kappa shape index (κ1) is 16.3. The van der Waals surface area contributed by atoms with Gasteiger partial charge >= 0.3 is 12.0 Å². The van der Waals surface area contributed by atoms with Gasteiger partial charge in [-0.2, -0.15) is 0 Å². The molecule has 20 heavy (non-hydrogen) atoms. The lowest BCUT2D eigenvalue weighted by molar-refractivity contribution is -0.139. The molecule has 0 fully saturated rings. The van der Waals surface area contributed by atoms with Crippen molar-refractivity contribution in [3.05, 3.63) is 34.9 Å². The summed E-state index contributed by atoms with van der Waals surface area (Å²) in [6.45, 7) is -0.00683. The molecule has 2 amide bonds. The predicted molar refractivity (Wildman–Crippen MR) is 74.6 cm³/mol. The molecule has 6 nitrogen and oxygen atoms in total. The number of nitrogens with one attached hydrogen (secondary N) is 1. The van der Waals surface area contributed by atoms with Gasteiger partial charge in [-0.05, 0) is 17.7 Å². The highest BCUT2D eigenvalue weighted by Gasteiger charge is 2.21. The molecule has 1 aromatic carbocycles. The lowest BCUT2D eigenvalue weighted by atomic mass is 10.2. The first-order valence-electron chi connectivity index (χ1n) is 6.03. The van der Waals surface area contributed by atoms with E-state index in [4.69, 9.17) is 21.8 Å². The number of carbonyl (C=O) groups is 2. The molecule has 0 bridgehead atoms. The van der Waals surface area contributed by atoms with Crippen LogP contribution in [0.1, 0.15) is 12.0 Å². The van der Waals surface area contributed by atoms with E-state index in [1.165, 1.54) is 4.90 Å². The lowest BCUT2D eigenvalue weighted by Crippen LogP contribution is -2.46. The van der Waals surface area contributed by atoms with Crippen molar-refractivity contribution in [2.45, 2.75) is 19.0 Å². The zero-order chi connectivity index (χ0) is 15.1. The third-order valence-electron chi connectivity index (χ3n) is 2.67. The topological polar surface area (TPSA) is 89.9 Å². The van der Waals surface area contributed by atoms with E-state index in [0.29, 0.717) is 11.6 Å². The van der Waals surface area contributed by atoms with Crippen LogP contribution in [0.4, 0.5) is 4.79 Å². The minimum Gasteiger partial charge on any atom is -0.480 e. The van der Waals surface area contributed by atoms with Crippen LogP contribution in [0.25, 0.3) is 0 Å². The Morgan fingerprint density at radius 3 is 2.70 bits per heavy atom. The van der Waals surface area contributed by atoms with Gasteiger partial charge < -0.3 is 20.4 Å². The summed E-state index contributed by atoms with van der Waals surface area (Å²) in [5, 5.41) is 20.6. The third kappa shape index (κ3) is 5.07. The Balaban J connectivity index is 2.60. The molecular formula is C13H17ClN2O4. The van der Waals surface area contributed by atoms with Gasteiger partial charge in [0, 0.05) is 31.6 Å². The van der Waals surface area contributed by atoms with Crippen molar-refractivity contribution >= 4 is 23.6 Å². The average Bonchev–Trinajstić information content (AvgIpc) is 2.37. The number of benzene rings is 1. The van der Waals surface area contributed by atoms with Gasteiger partial charge in [0.2, 0.25) is 0 Å².